The summed E-state index contributed by atoms with van der Waals surface area (Å²) in [6.45, 7) is 3.18. The Bertz CT molecular complexity index is 912. The van der Waals surface area contributed by atoms with Gasteiger partial charge in [-0.15, -0.1) is 0 Å². The summed E-state index contributed by atoms with van der Waals surface area (Å²) in [5.74, 6) is 1.82. The smallest absolute Gasteiger partial charge is 0.251 e. The van der Waals surface area contributed by atoms with E-state index in [1.807, 2.05) is 0 Å². The van der Waals surface area contributed by atoms with Crippen LogP contribution in [0.4, 0.5) is 5.69 Å². The third-order valence-corrected chi connectivity index (χ3v) is 7.55. The zero-order valence-corrected chi connectivity index (χ0v) is 17.7. The maximum atomic E-state index is 12.3. The number of aryl methyl sites for hydroxylation is 1. The van der Waals surface area contributed by atoms with Crippen molar-refractivity contribution >= 4 is 33.4 Å². The molecule has 1 aliphatic heterocycles. The van der Waals surface area contributed by atoms with Crippen LogP contribution in [0.3, 0.4) is 0 Å². The number of benzene rings is 2. The molecule has 1 amide bonds. The van der Waals surface area contributed by atoms with Gasteiger partial charge in [0.25, 0.3) is 5.91 Å². The van der Waals surface area contributed by atoms with Gasteiger partial charge in [-0.05, 0) is 49.6 Å². The van der Waals surface area contributed by atoms with Gasteiger partial charge in [-0.2, -0.15) is 11.8 Å². The van der Waals surface area contributed by atoms with Gasteiger partial charge in [0.2, 0.25) is 10.0 Å². The molecule has 0 spiro atoms. The molecule has 0 atom stereocenters. The maximum absolute atomic E-state index is 12.3. The Morgan fingerprint density at radius 1 is 1.14 bits per heavy atom. The summed E-state index contributed by atoms with van der Waals surface area (Å²) in [6, 6.07) is 15.2. The molecule has 1 saturated heterocycles. The fraction of sp³-hybridized carbons (Fsp3) is 0.381. The molecule has 0 saturated carbocycles. The van der Waals surface area contributed by atoms with Gasteiger partial charge in [-0.3, -0.25) is 9.10 Å². The van der Waals surface area contributed by atoms with E-state index in [9.17, 15) is 13.2 Å². The molecular weight excluding hydrogens is 392 g/mol. The van der Waals surface area contributed by atoms with Crippen LogP contribution < -0.4 is 9.62 Å². The first-order valence-electron chi connectivity index (χ1n) is 9.48. The summed E-state index contributed by atoms with van der Waals surface area (Å²) in [7, 11) is -3.23. The lowest BCUT2D eigenvalue weighted by molar-refractivity contribution is 0.0956. The third-order valence-electron chi connectivity index (χ3n) is 4.65. The first-order valence-corrected chi connectivity index (χ1v) is 12.2. The van der Waals surface area contributed by atoms with Crippen molar-refractivity contribution in [1.29, 1.82) is 0 Å². The topological polar surface area (TPSA) is 66.5 Å². The van der Waals surface area contributed by atoms with Gasteiger partial charge in [0.15, 0.2) is 0 Å². The van der Waals surface area contributed by atoms with Gasteiger partial charge in [0.05, 0.1) is 11.4 Å². The molecule has 1 N–H and O–H groups in total. The zero-order valence-electron chi connectivity index (χ0n) is 16.1. The van der Waals surface area contributed by atoms with Crippen LogP contribution in [0, 0.1) is 6.92 Å². The molecule has 2 aromatic carbocycles. The molecule has 1 aliphatic rings. The summed E-state index contributed by atoms with van der Waals surface area (Å²) in [5.41, 5.74) is 3.72. The SMILES string of the molecule is Cc1cccc(CSCCNC(=O)c2ccc(N3CCCCS3(=O)=O)cc2)c1. The van der Waals surface area contributed by atoms with Crippen molar-refractivity contribution in [3.63, 3.8) is 0 Å². The molecule has 5 nitrogen and oxygen atoms in total. The fourth-order valence-corrected chi connectivity index (χ4v) is 5.63. The van der Waals surface area contributed by atoms with Crippen LogP contribution in [0.5, 0.6) is 0 Å². The van der Waals surface area contributed by atoms with Crippen LogP contribution in [-0.2, 0) is 15.8 Å². The summed E-state index contributed by atoms with van der Waals surface area (Å²) >= 11 is 1.79. The van der Waals surface area contributed by atoms with E-state index in [2.05, 4.69) is 36.5 Å². The molecule has 28 heavy (non-hydrogen) atoms. The quantitative estimate of drug-likeness (QED) is 0.698. The first kappa shape index (κ1) is 20.7. The standard InChI is InChI=1S/C21H26N2O3S2/c1-17-5-4-6-18(15-17)16-27-13-11-22-21(24)19-7-9-20(10-8-19)23-12-2-3-14-28(23,25)26/h4-10,15H,2-3,11-14,16H2,1H3,(H,22,24). The van der Waals surface area contributed by atoms with Crippen molar-refractivity contribution in [1.82, 2.24) is 5.32 Å². The summed E-state index contributed by atoms with van der Waals surface area (Å²) in [6.07, 6.45) is 1.57. The number of thioether (sulfide) groups is 1. The second-order valence-corrected chi connectivity index (χ2v) is 10.1. The molecule has 0 bridgehead atoms. The molecule has 2 aromatic rings. The number of nitrogens with zero attached hydrogens (tertiary/aromatic N) is 1. The molecule has 0 radical (unpaired) electrons. The highest BCUT2D eigenvalue weighted by Crippen LogP contribution is 2.23. The van der Waals surface area contributed by atoms with Crippen LogP contribution in [0.25, 0.3) is 0 Å². The summed E-state index contributed by atoms with van der Waals surface area (Å²) in [5, 5.41) is 2.92. The molecule has 0 aliphatic carbocycles. The summed E-state index contributed by atoms with van der Waals surface area (Å²) < 4.78 is 25.8. The average Bonchev–Trinajstić information content (AvgIpc) is 2.67. The molecule has 3 rings (SSSR count). The van der Waals surface area contributed by atoms with Crippen LogP contribution in [0.1, 0.15) is 34.3 Å². The number of carbonyl (C=O) groups is 1. The third kappa shape index (κ3) is 5.52. The van der Waals surface area contributed by atoms with E-state index >= 15 is 0 Å². The average molecular weight is 419 g/mol. The lowest BCUT2D eigenvalue weighted by Crippen LogP contribution is -2.37. The lowest BCUT2D eigenvalue weighted by atomic mass is 10.2. The Balaban J connectivity index is 1.45. The van der Waals surface area contributed by atoms with E-state index in [1.54, 1.807) is 36.0 Å². The highest BCUT2D eigenvalue weighted by atomic mass is 32.2. The normalized spacial score (nSPS) is 16.0. The second-order valence-electron chi connectivity index (χ2n) is 6.94. The van der Waals surface area contributed by atoms with Gasteiger partial charge in [-0.25, -0.2) is 8.42 Å². The van der Waals surface area contributed by atoms with Crippen LogP contribution in [-0.4, -0.2) is 38.9 Å². The van der Waals surface area contributed by atoms with Crippen molar-refractivity contribution < 1.29 is 13.2 Å². The number of rotatable bonds is 7. The van der Waals surface area contributed by atoms with E-state index in [-0.39, 0.29) is 11.7 Å². The number of nitrogens with one attached hydrogen (secondary N) is 1. The first-order chi connectivity index (χ1) is 13.5. The Labute approximate surface area is 171 Å². The van der Waals surface area contributed by atoms with Gasteiger partial charge >= 0.3 is 0 Å². The minimum atomic E-state index is -3.23. The Kier molecular flexibility index (Phi) is 7.02. The largest absolute Gasteiger partial charge is 0.351 e. The number of amides is 1. The van der Waals surface area contributed by atoms with Crippen molar-refractivity contribution in [2.45, 2.75) is 25.5 Å². The van der Waals surface area contributed by atoms with E-state index in [0.29, 0.717) is 30.8 Å². The highest BCUT2D eigenvalue weighted by Gasteiger charge is 2.25. The molecule has 0 aromatic heterocycles. The van der Waals surface area contributed by atoms with Crippen LogP contribution in [0.15, 0.2) is 48.5 Å². The van der Waals surface area contributed by atoms with E-state index < -0.39 is 10.0 Å². The zero-order chi connectivity index (χ0) is 20.0. The van der Waals surface area contributed by atoms with Crippen molar-refractivity contribution in [2.24, 2.45) is 0 Å². The number of hydrogen-bond acceptors (Lipinski definition) is 4. The molecule has 1 heterocycles. The Hall–Kier alpha value is -1.99. The van der Waals surface area contributed by atoms with Gasteiger partial charge in [0, 0.05) is 30.2 Å². The van der Waals surface area contributed by atoms with E-state index in [1.165, 1.54) is 15.4 Å². The molecule has 0 unspecified atom stereocenters. The molecule has 1 fully saturated rings. The van der Waals surface area contributed by atoms with Crippen molar-refractivity contribution in [3.8, 4) is 0 Å². The monoisotopic (exact) mass is 418 g/mol. The predicted molar refractivity (Wildman–Crippen MR) is 116 cm³/mol. The lowest BCUT2D eigenvalue weighted by Gasteiger charge is -2.28. The number of carbonyl (C=O) groups excluding carboxylic acids is 1. The molecular formula is C21H26N2O3S2. The van der Waals surface area contributed by atoms with Gasteiger partial charge in [0.1, 0.15) is 0 Å². The van der Waals surface area contributed by atoms with Crippen LogP contribution >= 0.6 is 11.8 Å². The van der Waals surface area contributed by atoms with Crippen molar-refractivity contribution in [3.05, 3.63) is 65.2 Å². The van der Waals surface area contributed by atoms with Crippen molar-refractivity contribution in [2.75, 3.05) is 28.9 Å². The molecule has 150 valence electrons. The fourth-order valence-electron chi connectivity index (χ4n) is 3.19. The van der Waals surface area contributed by atoms with E-state index in [0.717, 1.165) is 17.9 Å². The minimum absolute atomic E-state index is 0.135. The number of hydrogen-bond donors (Lipinski definition) is 1. The van der Waals surface area contributed by atoms with E-state index in [4.69, 9.17) is 0 Å². The summed E-state index contributed by atoms with van der Waals surface area (Å²) in [4.78, 5) is 12.3. The maximum Gasteiger partial charge on any atom is 0.251 e. The number of anilines is 1. The Morgan fingerprint density at radius 2 is 1.93 bits per heavy atom. The highest BCUT2D eigenvalue weighted by molar-refractivity contribution is 7.98. The van der Waals surface area contributed by atoms with Gasteiger partial charge in [-0.1, -0.05) is 29.8 Å². The predicted octanol–water partition coefficient (Wildman–Crippen LogP) is 3.59. The van der Waals surface area contributed by atoms with Gasteiger partial charge < -0.3 is 5.32 Å². The Morgan fingerprint density at radius 3 is 2.64 bits per heavy atom. The minimum Gasteiger partial charge on any atom is -0.351 e. The number of sulfonamides is 1. The molecule has 7 heteroatoms. The van der Waals surface area contributed by atoms with Crippen LogP contribution in [0.2, 0.25) is 0 Å². The second kappa shape index (κ2) is 9.47.